The van der Waals surface area contributed by atoms with Crippen LogP contribution in [0.25, 0.3) is 0 Å². The average Bonchev–Trinajstić information content (AvgIpc) is 3.38. The Hall–Kier alpha value is -2.04. The highest BCUT2D eigenvalue weighted by molar-refractivity contribution is 5.95. The molecule has 124 valence electrons. The summed E-state index contributed by atoms with van der Waals surface area (Å²) in [5.74, 6) is 1.37. The third-order valence-electron chi connectivity index (χ3n) is 4.38. The molecule has 0 heterocycles. The molecule has 0 spiro atoms. The summed E-state index contributed by atoms with van der Waals surface area (Å²) in [4.78, 5) is 24.0. The van der Waals surface area contributed by atoms with E-state index in [-0.39, 0.29) is 18.0 Å². The number of anilines is 1. The van der Waals surface area contributed by atoms with Crippen molar-refractivity contribution in [2.75, 3.05) is 5.32 Å². The fourth-order valence-electron chi connectivity index (χ4n) is 2.90. The molecular weight excluding hydrogens is 290 g/mol. The van der Waals surface area contributed by atoms with E-state index in [1.54, 1.807) is 24.3 Å². The average molecular weight is 315 g/mol. The molecule has 5 heteroatoms. The molecule has 2 fully saturated rings. The SMILES string of the molecule is CC(C)NC(=O)Nc1ccc(C(=O)NC(C2CC2)C2CC2)cc1. The van der Waals surface area contributed by atoms with Crippen LogP contribution in [-0.4, -0.2) is 24.0 Å². The van der Waals surface area contributed by atoms with Gasteiger partial charge in [-0.2, -0.15) is 0 Å². The van der Waals surface area contributed by atoms with Crippen LogP contribution in [0.2, 0.25) is 0 Å². The Bertz CT molecular complexity index is 562. The molecule has 0 unspecified atom stereocenters. The summed E-state index contributed by atoms with van der Waals surface area (Å²) < 4.78 is 0. The zero-order chi connectivity index (χ0) is 16.4. The highest BCUT2D eigenvalue weighted by atomic mass is 16.2. The quantitative estimate of drug-likeness (QED) is 0.755. The van der Waals surface area contributed by atoms with Crippen LogP contribution in [-0.2, 0) is 0 Å². The van der Waals surface area contributed by atoms with Gasteiger partial charge in [0, 0.05) is 23.3 Å². The maximum absolute atomic E-state index is 12.4. The second-order valence-electron chi connectivity index (χ2n) is 7.00. The molecule has 1 aromatic rings. The van der Waals surface area contributed by atoms with Crippen LogP contribution < -0.4 is 16.0 Å². The lowest BCUT2D eigenvalue weighted by Crippen LogP contribution is -2.38. The van der Waals surface area contributed by atoms with Crippen molar-refractivity contribution in [1.29, 1.82) is 0 Å². The third-order valence-corrected chi connectivity index (χ3v) is 4.38. The van der Waals surface area contributed by atoms with Crippen molar-refractivity contribution in [3.63, 3.8) is 0 Å². The first-order chi connectivity index (χ1) is 11.0. The summed E-state index contributed by atoms with van der Waals surface area (Å²) in [5, 5.41) is 8.72. The van der Waals surface area contributed by atoms with Gasteiger partial charge in [-0.25, -0.2) is 4.79 Å². The van der Waals surface area contributed by atoms with Crippen molar-refractivity contribution in [3.05, 3.63) is 29.8 Å². The van der Waals surface area contributed by atoms with Crippen molar-refractivity contribution in [3.8, 4) is 0 Å². The van der Waals surface area contributed by atoms with E-state index in [2.05, 4.69) is 16.0 Å². The molecule has 1 aromatic carbocycles. The standard InChI is InChI=1S/C18H25N3O2/c1-11(2)19-18(23)20-15-9-7-14(8-10-15)17(22)21-16(12-3-4-12)13-5-6-13/h7-13,16H,3-6H2,1-2H3,(H,21,22)(H2,19,20,23). The van der Waals surface area contributed by atoms with Gasteiger partial charge in [0.1, 0.15) is 0 Å². The van der Waals surface area contributed by atoms with Crippen molar-refractivity contribution < 1.29 is 9.59 Å². The van der Waals surface area contributed by atoms with Gasteiger partial charge in [-0.15, -0.1) is 0 Å². The Morgan fingerprint density at radius 3 is 2.00 bits per heavy atom. The van der Waals surface area contributed by atoms with Crippen LogP contribution in [0.1, 0.15) is 49.9 Å². The minimum atomic E-state index is -0.236. The lowest BCUT2D eigenvalue weighted by Gasteiger charge is -2.17. The normalized spacial score (nSPS) is 17.2. The summed E-state index contributed by atoms with van der Waals surface area (Å²) >= 11 is 0. The molecule has 3 amide bonds. The zero-order valence-corrected chi connectivity index (χ0v) is 13.8. The molecular formula is C18H25N3O2. The Morgan fingerprint density at radius 1 is 0.957 bits per heavy atom. The minimum absolute atomic E-state index is 0.00742. The molecule has 0 aromatic heterocycles. The van der Waals surface area contributed by atoms with Gasteiger partial charge in [-0.1, -0.05) is 0 Å². The van der Waals surface area contributed by atoms with E-state index in [9.17, 15) is 9.59 Å². The first-order valence-corrected chi connectivity index (χ1v) is 8.51. The first kappa shape index (κ1) is 15.8. The van der Waals surface area contributed by atoms with E-state index in [1.807, 2.05) is 13.8 Å². The van der Waals surface area contributed by atoms with Crippen LogP contribution in [0, 0.1) is 11.8 Å². The molecule has 5 nitrogen and oxygen atoms in total. The molecule has 2 aliphatic carbocycles. The number of carbonyl (C=O) groups excluding carboxylic acids is 2. The second-order valence-corrected chi connectivity index (χ2v) is 7.00. The topological polar surface area (TPSA) is 70.2 Å². The molecule has 0 saturated heterocycles. The van der Waals surface area contributed by atoms with Gasteiger partial charge in [0.15, 0.2) is 0 Å². The second kappa shape index (κ2) is 6.60. The highest BCUT2D eigenvalue weighted by Crippen LogP contribution is 2.44. The van der Waals surface area contributed by atoms with Gasteiger partial charge in [-0.3, -0.25) is 4.79 Å². The zero-order valence-electron chi connectivity index (χ0n) is 13.8. The van der Waals surface area contributed by atoms with E-state index < -0.39 is 0 Å². The molecule has 0 bridgehead atoms. The number of urea groups is 1. The number of amides is 3. The maximum atomic E-state index is 12.4. The highest BCUT2D eigenvalue weighted by Gasteiger charge is 2.42. The Balaban J connectivity index is 1.55. The summed E-state index contributed by atoms with van der Waals surface area (Å²) in [7, 11) is 0. The van der Waals surface area contributed by atoms with Crippen molar-refractivity contribution >= 4 is 17.6 Å². The van der Waals surface area contributed by atoms with E-state index in [0.29, 0.717) is 29.1 Å². The minimum Gasteiger partial charge on any atom is -0.349 e. The van der Waals surface area contributed by atoms with Gasteiger partial charge in [-0.05, 0) is 75.6 Å². The van der Waals surface area contributed by atoms with Crippen LogP contribution in [0.15, 0.2) is 24.3 Å². The van der Waals surface area contributed by atoms with Crippen LogP contribution in [0.3, 0.4) is 0 Å². The molecule has 2 aliphatic rings. The predicted octanol–water partition coefficient (Wildman–Crippen LogP) is 3.13. The summed E-state index contributed by atoms with van der Waals surface area (Å²) in [6, 6.07) is 7.25. The molecule has 3 N–H and O–H groups in total. The molecule has 0 radical (unpaired) electrons. The lowest BCUT2D eigenvalue weighted by molar-refractivity contribution is 0.0926. The molecule has 3 rings (SSSR count). The smallest absolute Gasteiger partial charge is 0.319 e. The predicted molar refractivity (Wildman–Crippen MR) is 90.4 cm³/mol. The summed E-state index contributed by atoms with van der Waals surface area (Å²) in [5.41, 5.74) is 1.33. The van der Waals surface area contributed by atoms with Crippen LogP contribution in [0.4, 0.5) is 10.5 Å². The van der Waals surface area contributed by atoms with E-state index >= 15 is 0 Å². The lowest BCUT2D eigenvalue weighted by atomic mass is 10.1. The van der Waals surface area contributed by atoms with Crippen LogP contribution >= 0.6 is 0 Å². The molecule has 0 aliphatic heterocycles. The van der Waals surface area contributed by atoms with Crippen molar-refractivity contribution in [2.45, 2.75) is 51.6 Å². The van der Waals surface area contributed by atoms with Crippen molar-refractivity contribution in [1.82, 2.24) is 10.6 Å². The summed E-state index contributed by atoms with van der Waals surface area (Å²) in [6.07, 6.45) is 4.98. The first-order valence-electron chi connectivity index (χ1n) is 8.51. The van der Waals surface area contributed by atoms with E-state index in [4.69, 9.17) is 0 Å². The van der Waals surface area contributed by atoms with E-state index in [0.717, 1.165) is 0 Å². The Labute approximate surface area is 137 Å². The molecule has 23 heavy (non-hydrogen) atoms. The van der Waals surface area contributed by atoms with Gasteiger partial charge in [0.2, 0.25) is 0 Å². The van der Waals surface area contributed by atoms with Gasteiger partial charge in [0.25, 0.3) is 5.91 Å². The Morgan fingerprint density at radius 2 is 1.52 bits per heavy atom. The fourth-order valence-corrected chi connectivity index (χ4v) is 2.90. The molecule has 0 atom stereocenters. The number of hydrogen-bond donors (Lipinski definition) is 3. The van der Waals surface area contributed by atoms with Crippen LogP contribution in [0.5, 0.6) is 0 Å². The number of nitrogens with one attached hydrogen (secondary N) is 3. The van der Waals surface area contributed by atoms with E-state index in [1.165, 1.54) is 25.7 Å². The maximum Gasteiger partial charge on any atom is 0.319 e. The number of benzene rings is 1. The summed E-state index contributed by atoms with van der Waals surface area (Å²) in [6.45, 7) is 3.81. The number of hydrogen-bond acceptors (Lipinski definition) is 2. The number of carbonyl (C=O) groups is 2. The van der Waals surface area contributed by atoms with Gasteiger partial charge in [0.05, 0.1) is 0 Å². The van der Waals surface area contributed by atoms with Gasteiger partial charge < -0.3 is 16.0 Å². The Kier molecular flexibility index (Phi) is 4.55. The van der Waals surface area contributed by atoms with Gasteiger partial charge >= 0.3 is 6.03 Å². The number of rotatable bonds is 6. The largest absolute Gasteiger partial charge is 0.349 e. The monoisotopic (exact) mass is 315 g/mol. The third kappa shape index (κ3) is 4.47. The fraction of sp³-hybridized carbons (Fsp3) is 0.556. The van der Waals surface area contributed by atoms with Crippen molar-refractivity contribution in [2.24, 2.45) is 11.8 Å². The molecule has 2 saturated carbocycles.